The molecule has 7 heteroatoms. The van der Waals surface area contributed by atoms with E-state index in [1.54, 1.807) is 24.4 Å². The van der Waals surface area contributed by atoms with Crippen LogP contribution in [0.3, 0.4) is 0 Å². The summed E-state index contributed by atoms with van der Waals surface area (Å²) in [7, 11) is -1.63. The molecule has 1 aromatic heterocycles. The molecule has 0 amide bonds. The molecule has 0 bridgehead atoms. The van der Waals surface area contributed by atoms with Crippen molar-refractivity contribution in [2.45, 2.75) is 17.9 Å². The average molecular weight is 311 g/mol. The number of benzene rings is 1. The van der Waals surface area contributed by atoms with Gasteiger partial charge in [0.05, 0.1) is 9.90 Å². The summed E-state index contributed by atoms with van der Waals surface area (Å²) < 4.78 is 26.9. The molecule has 2 N–H and O–H groups in total. The van der Waals surface area contributed by atoms with Crippen LogP contribution in [0.25, 0.3) is 0 Å². The van der Waals surface area contributed by atoms with Crippen molar-refractivity contribution < 1.29 is 8.42 Å². The highest BCUT2D eigenvalue weighted by Gasteiger charge is 2.13. The molecular formula is C13H17N3O2S2. The van der Waals surface area contributed by atoms with Gasteiger partial charge in [-0.3, -0.25) is 0 Å². The van der Waals surface area contributed by atoms with Gasteiger partial charge in [-0.1, -0.05) is 12.1 Å². The smallest absolute Gasteiger partial charge is 0.240 e. The lowest BCUT2D eigenvalue weighted by atomic mass is 10.2. The van der Waals surface area contributed by atoms with Crippen molar-refractivity contribution in [1.82, 2.24) is 15.0 Å². The van der Waals surface area contributed by atoms with Crippen molar-refractivity contribution in [1.29, 1.82) is 0 Å². The van der Waals surface area contributed by atoms with Crippen molar-refractivity contribution >= 4 is 21.4 Å². The molecule has 0 aliphatic heterocycles. The number of hydrogen-bond acceptors (Lipinski definition) is 5. The minimum absolute atomic E-state index is 0.296. The molecule has 20 heavy (non-hydrogen) atoms. The first-order valence-corrected chi connectivity index (χ1v) is 8.59. The van der Waals surface area contributed by atoms with Gasteiger partial charge in [0.1, 0.15) is 0 Å². The Hall–Kier alpha value is -1.28. The predicted octanol–water partition coefficient (Wildman–Crippen LogP) is 1.38. The molecule has 1 heterocycles. The van der Waals surface area contributed by atoms with E-state index in [2.05, 4.69) is 15.0 Å². The maximum atomic E-state index is 12.2. The van der Waals surface area contributed by atoms with Gasteiger partial charge in [-0.05, 0) is 24.7 Å². The molecule has 5 nitrogen and oxygen atoms in total. The molecular weight excluding hydrogens is 294 g/mol. The van der Waals surface area contributed by atoms with Gasteiger partial charge in [0.25, 0.3) is 0 Å². The quantitative estimate of drug-likeness (QED) is 0.810. The molecule has 0 aliphatic rings. The summed E-state index contributed by atoms with van der Waals surface area (Å²) in [4.78, 5) is 4.42. The molecule has 0 unspecified atom stereocenters. The SMILES string of the molecule is CNCc1cccc(S(=O)(=O)NCCc2nccs2)c1. The van der Waals surface area contributed by atoms with Crippen LogP contribution in [0.15, 0.2) is 40.7 Å². The van der Waals surface area contributed by atoms with Gasteiger partial charge in [-0.15, -0.1) is 11.3 Å². The van der Waals surface area contributed by atoms with Crippen molar-refractivity contribution in [3.8, 4) is 0 Å². The van der Waals surface area contributed by atoms with E-state index < -0.39 is 10.0 Å². The third kappa shape index (κ3) is 4.11. The molecule has 2 rings (SSSR count). The Morgan fingerprint density at radius 2 is 2.20 bits per heavy atom. The normalized spacial score (nSPS) is 11.7. The van der Waals surface area contributed by atoms with E-state index in [0.717, 1.165) is 10.6 Å². The minimum atomic E-state index is -3.46. The van der Waals surface area contributed by atoms with Crippen molar-refractivity contribution in [3.05, 3.63) is 46.4 Å². The van der Waals surface area contributed by atoms with Crippen LogP contribution < -0.4 is 10.0 Å². The Morgan fingerprint density at radius 3 is 2.90 bits per heavy atom. The summed E-state index contributed by atoms with van der Waals surface area (Å²) in [5.41, 5.74) is 0.940. The topological polar surface area (TPSA) is 71.1 Å². The van der Waals surface area contributed by atoms with Gasteiger partial charge >= 0.3 is 0 Å². The Morgan fingerprint density at radius 1 is 1.35 bits per heavy atom. The summed E-state index contributed by atoms with van der Waals surface area (Å²) in [6.07, 6.45) is 2.32. The summed E-state index contributed by atoms with van der Waals surface area (Å²) in [5.74, 6) is 0. The average Bonchev–Trinajstić information content (AvgIpc) is 2.92. The molecule has 1 aromatic carbocycles. The van der Waals surface area contributed by atoms with Gasteiger partial charge in [-0.25, -0.2) is 18.1 Å². The highest BCUT2D eigenvalue weighted by atomic mass is 32.2. The van der Waals surface area contributed by atoms with Gasteiger partial charge in [-0.2, -0.15) is 0 Å². The summed E-state index contributed by atoms with van der Waals surface area (Å²) in [6.45, 7) is 0.995. The van der Waals surface area contributed by atoms with E-state index in [-0.39, 0.29) is 0 Å². The van der Waals surface area contributed by atoms with Crippen molar-refractivity contribution in [2.75, 3.05) is 13.6 Å². The summed E-state index contributed by atoms with van der Waals surface area (Å²) in [5, 5.41) is 5.81. The molecule has 0 radical (unpaired) electrons. The highest BCUT2D eigenvalue weighted by Crippen LogP contribution is 2.12. The monoisotopic (exact) mass is 311 g/mol. The number of sulfonamides is 1. The number of hydrogen-bond donors (Lipinski definition) is 2. The van der Waals surface area contributed by atoms with Crippen molar-refractivity contribution in [3.63, 3.8) is 0 Å². The zero-order valence-corrected chi connectivity index (χ0v) is 12.8. The minimum Gasteiger partial charge on any atom is -0.316 e. The van der Waals surface area contributed by atoms with Gasteiger partial charge in [0, 0.05) is 31.1 Å². The first-order valence-electron chi connectivity index (χ1n) is 6.23. The molecule has 0 fully saturated rings. The molecule has 0 spiro atoms. The van der Waals surface area contributed by atoms with E-state index in [1.807, 2.05) is 18.5 Å². The van der Waals surface area contributed by atoms with Gasteiger partial charge in [0.15, 0.2) is 0 Å². The van der Waals surface area contributed by atoms with E-state index in [1.165, 1.54) is 11.3 Å². The number of nitrogens with zero attached hydrogens (tertiary/aromatic N) is 1. The fourth-order valence-electron chi connectivity index (χ4n) is 1.78. The van der Waals surface area contributed by atoms with Crippen LogP contribution in [0.2, 0.25) is 0 Å². The maximum Gasteiger partial charge on any atom is 0.240 e. The Labute approximate surface area is 123 Å². The largest absolute Gasteiger partial charge is 0.316 e. The predicted molar refractivity (Wildman–Crippen MR) is 80.2 cm³/mol. The molecule has 108 valence electrons. The molecule has 0 saturated carbocycles. The summed E-state index contributed by atoms with van der Waals surface area (Å²) in [6, 6.07) is 6.93. The van der Waals surface area contributed by atoms with Gasteiger partial charge < -0.3 is 5.32 Å². The Kier molecular flexibility index (Phi) is 5.24. The van der Waals surface area contributed by atoms with E-state index in [0.29, 0.717) is 24.4 Å². The fraction of sp³-hybridized carbons (Fsp3) is 0.308. The molecule has 2 aromatic rings. The van der Waals surface area contributed by atoms with Crippen LogP contribution in [-0.4, -0.2) is 27.0 Å². The second-order valence-corrected chi connectivity index (χ2v) is 7.00. The van der Waals surface area contributed by atoms with Crippen LogP contribution in [0.1, 0.15) is 10.6 Å². The van der Waals surface area contributed by atoms with E-state index >= 15 is 0 Å². The zero-order valence-electron chi connectivity index (χ0n) is 11.2. The molecule has 0 saturated heterocycles. The first kappa shape index (κ1) is 15.1. The standard InChI is InChI=1S/C13H17N3O2S2/c1-14-10-11-3-2-4-12(9-11)20(17,18)16-6-5-13-15-7-8-19-13/h2-4,7-9,14,16H,5-6,10H2,1H3. The first-order chi connectivity index (χ1) is 9.62. The van der Waals surface area contributed by atoms with Gasteiger partial charge in [0.2, 0.25) is 10.0 Å². The third-order valence-electron chi connectivity index (χ3n) is 2.70. The Bertz CT molecular complexity index is 639. The van der Waals surface area contributed by atoms with E-state index in [9.17, 15) is 8.42 Å². The fourth-order valence-corrected chi connectivity index (χ4v) is 3.50. The molecule has 0 atom stereocenters. The zero-order chi connectivity index (χ0) is 14.4. The third-order valence-corrected chi connectivity index (χ3v) is 5.00. The molecule has 0 aliphatic carbocycles. The van der Waals surface area contributed by atoms with Crippen LogP contribution in [0, 0.1) is 0 Å². The number of thiazole rings is 1. The number of rotatable bonds is 7. The van der Waals surface area contributed by atoms with E-state index in [4.69, 9.17) is 0 Å². The van der Waals surface area contributed by atoms with Crippen LogP contribution in [0.4, 0.5) is 0 Å². The van der Waals surface area contributed by atoms with Crippen LogP contribution in [0.5, 0.6) is 0 Å². The summed E-state index contributed by atoms with van der Waals surface area (Å²) >= 11 is 1.52. The lowest BCUT2D eigenvalue weighted by Gasteiger charge is -2.07. The highest BCUT2D eigenvalue weighted by molar-refractivity contribution is 7.89. The maximum absolute atomic E-state index is 12.2. The number of aromatic nitrogens is 1. The second-order valence-electron chi connectivity index (χ2n) is 4.25. The Balaban J connectivity index is 2.00. The second kappa shape index (κ2) is 6.94. The lowest BCUT2D eigenvalue weighted by molar-refractivity contribution is 0.581. The van der Waals surface area contributed by atoms with Crippen LogP contribution in [-0.2, 0) is 23.0 Å². The van der Waals surface area contributed by atoms with Crippen molar-refractivity contribution in [2.24, 2.45) is 0 Å². The van der Waals surface area contributed by atoms with Crippen LogP contribution >= 0.6 is 11.3 Å². The lowest BCUT2D eigenvalue weighted by Crippen LogP contribution is -2.26. The number of nitrogens with one attached hydrogen (secondary N) is 2.